The molecule has 3 nitrogen and oxygen atoms in total. The van der Waals surface area contributed by atoms with Gasteiger partial charge in [0.1, 0.15) is 6.61 Å². The fourth-order valence-corrected chi connectivity index (χ4v) is 3.23. The van der Waals surface area contributed by atoms with Gasteiger partial charge in [0.15, 0.2) is 0 Å². The van der Waals surface area contributed by atoms with Gasteiger partial charge in [-0.15, -0.1) is 0 Å². The molecule has 0 bridgehead atoms. The minimum atomic E-state index is -0.278. The molecule has 1 aromatic carbocycles. The Balaban J connectivity index is 2.30. The first-order chi connectivity index (χ1) is 15.2. The number of hydrogen-bond acceptors (Lipinski definition) is 3. The quantitative estimate of drug-likeness (QED) is 0.231. The van der Waals surface area contributed by atoms with E-state index in [-0.39, 0.29) is 5.97 Å². The third kappa shape index (κ3) is 12.3. The van der Waals surface area contributed by atoms with Gasteiger partial charge >= 0.3 is 5.97 Å². The van der Waals surface area contributed by atoms with Gasteiger partial charge in [-0.3, -0.25) is 0 Å². The summed E-state index contributed by atoms with van der Waals surface area (Å²) in [5.74, 6) is -0.278. The number of rotatable bonds is 13. The van der Waals surface area contributed by atoms with Crippen molar-refractivity contribution < 1.29 is 9.53 Å². The summed E-state index contributed by atoms with van der Waals surface area (Å²) in [6.45, 7) is 11.2. The summed E-state index contributed by atoms with van der Waals surface area (Å²) in [4.78, 5) is 14.2. The first kappa shape index (κ1) is 27.5. The zero-order chi connectivity index (χ0) is 23.9. The smallest absolute Gasteiger partial charge is 0.338 e. The Morgan fingerprint density at radius 3 is 1.69 bits per heavy atom. The van der Waals surface area contributed by atoms with Gasteiger partial charge in [-0.1, -0.05) is 40.5 Å². The van der Waals surface area contributed by atoms with Crippen LogP contribution in [0, 0.1) is 0 Å². The average Bonchev–Trinajstić information content (AvgIpc) is 2.73. The molecule has 0 heterocycles. The van der Waals surface area contributed by atoms with Crippen molar-refractivity contribution >= 4 is 11.7 Å². The van der Waals surface area contributed by atoms with Crippen molar-refractivity contribution in [1.82, 2.24) is 0 Å². The fraction of sp³-hybridized carbons (Fsp3) is 0.483. The van der Waals surface area contributed by atoms with Gasteiger partial charge in [-0.2, -0.15) is 0 Å². The molecule has 1 aromatic rings. The molecule has 0 atom stereocenters. The lowest BCUT2D eigenvalue weighted by Gasteiger charge is -2.12. The Labute approximate surface area is 196 Å². The molecule has 0 unspecified atom stereocenters. The van der Waals surface area contributed by atoms with Crippen LogP contribution in [0.25, 0.3) is 0 Å². The highest BCUT2D eigenvalue weighted by molar-refractivity contribution is 5.89. The summed E-state index contributed by atoms with van der Waals surface area (Å²) in [7, 11) is 3.95. The lowest BCUT2D eigenvalue weighted by molar-refractivity contribution is 0.0549. The van der Waals surface area contributed by atoms with Gasteiger partial charge in [0.2, 0.25) is 0 Å². The molecule has 0 saturated heterocycles. The van der Waals surface area contributed by atoms with Crippen LogP contribution in [-0.2, 0) is 4.74 Å². The molecule has 0 spiro atoms. The molecule has 1 rings (SSSR count). The number of allylic oxidation sites excluding steroid dienone is 7. The summed E-state index contributed by atoms with van der Waals surface area (Å²) in [6, 6.07) is 7.46. The molecule has 176 valence electrons. The second-order valence-electron chi connectivity index (χ2n) is 9.09. The van der Waals surface area contributed by atoms with Crippen molar-refractivity contribution in [2.45, 2.75) is 73.1 Å². The van der Waals surface area contributed by atoms with E-state index in [0.717, 1.165) is 44.2 Å². The number of anilines is 1. The van der Waals surface area contributed by atoms with Crippen LogP contribution < -0.4 is 4.90 Å². The standard InChI is InChI=1S/C29H43NO2/c1-23(2)11-8-12-24(3)13-9-14-25(4)15-10-16-26(5)21-22-32-29(31)27-17-19-28(20-18-27)30(6)7/h11,13,15,17-21H,8-10,12,14,16,22H2,1-7H3/b24-13+,25-15+,26-21+. The van der Waals surface area contributed by atoms with Crippen LogP contribution in [0.4, 0.5) is 5.69 Å². The number of esters is 1. The predicted molar refractivity (Wildman–Crippen MR) is 139 cm³/mol. The molecule has 0 amide bonds. The van der Waals surface area contributed by atoms with E-state index >= 15 is 0 Å². The maximum absolute atomic E-state index is 12.2. The number of benzene rings is 1. The highest BCUT2D eigenvalue weighted by Crippen LogP contribution is 2.15. The first-order valence-corrected chi connectivity index (χ1v) is 11.7. The lowest BCUT2D eigenvalue weighted by atomic mass is 10.0. The van der Waals surface area contributed by atoms with E-state index in [0.29, 0.717) is 12.2 Å². The maximum Gasteiger partial charge on any atom is 0.338 e. The monoisotopic (exact) mass is 437 g/mol. The SMILES string of the molecule is CC(C)=CCC/C(C)=C/CC/C(C)=C/CC/C(C)=C/COC(=O)c1ccc(N(C)C)cc1. The highest BCUT2D eigenvalue weighted by Gasteiger charge is 2.06. The van der Waals surface area contributed by atoms with E-state index in [9.17, 15) is 4.79 Å². The summed E-state index contributed by atoms with van der Waals surface area (Å²) < 4.78 is 5.39. The van der Waals surface area contributed by atoms with Crippen LogP contribution in [0.3, 0.4) is 0 Å². The molecule has 0 saturated carbocycles. The van der Waals surface area contributed by atoms with Gasteiger partial charge in [-0.25, -0.2) is 4.79 Å². The summed E-state index contributed by atoms with van der Waals surface area (Å²) in [5.41, 5.74) is 7.22. The van der Waals surface area contributed by atoms with Crippen LogP contribution in [0.2, 0.25) is 0 Å². The molecule has 0 aliphatic heterocycles. The molecule has 0 aliphatic carbocycles. The lowest BCUT2D eigenvalue weighted by Crippen LogP contribution is -2.09. The third-order valence-corrected chi connectivity index (χ3v) is 5.42. The Kier molecular flexibility index (Phi) is 13.1. The first-order valence-electron chi connectivity index (χ1n) is 11.7. The Morgan fingerprint density at radius 1 is 0.750 bits per heavy atom. The number of ether oxygens (including phenoxy) is 1. The van der Waals surface area contributed by atoms with Crippen LogP contribution in [0.15, 0.2) is 70.9 Å². The highest BCUT2D eigenvalue weighted by atomic mass is 16.5. The van der Waals surface area contributed by atoms with Gasteiger partial charge in [0, 0.05) is 19.8 Å². The second-order valence-corrected chi connectivity index (χ2v) is 9.09. The summed E-state index contributed by atoms with van der Waals surface area (Å²) >= 11 is 0. The molecule has 0 aromatic heterocycles. The van der Waals surface area contributed by atoms with E-state index in [4.69, 9.17) is 4.74 Å². The minimum Gasteiger partial charge on any atom is -0.458 e. The molecule has 0 radical (unpaired) electrons. The predicted octanol–water partition coefficient (Wildman–Crippen LogP) is 8.06. The van der Waals surface area contributed by atoms with Crippen molar-refractivity contribution in [2.75, 3.05) is 25.6 Å². The summed E-state index contributed by atoms with van der Waals surface area (Å²) in [5, 5.41) is 0. The van der Waals surface area contributed by atoms with E-state index in [1.54, 1.807) is 0 Å². The van der Waals surface area contributed by atoms with Gasteiger partial charge in [-0.05, 0) is 103 Å². The van der Waals surface area contributed by atoms with Gasteiger partial charge in [0.05, 0.1) is 5.56 Å². The van der Waals surface area contributed by atoms with Crippen molar-refractivity contribution in [3.63, 3.8) is 0 Å². The zero-order valence-electron chi connectivity index (χ0n) is 21.3. The Bertz CT molecular complexity index is 819. The molecular weight excluding hydrogens is 394 g/mol. The fourth-order valence-electron chi connectivity index (χ4n) is 3.23. The summed E-state index contributed by atoms with van der Waals surface area (Å²) in [6.07, 6.45) is 15.6. The average molecular weight is 438 g/mol. The van der Waals surface area contributed by atoms with Crippen LogP contribution in [0.5, 0.6) is 0 Å². The van der Waals surface area contributed by atoms with Crippen molar-refractivity contribution in [3.8, 4) is 0 Å². The number of carbonyl (C=O) groups excluding carboxylic acids is 1. The molecule has 3 heteroatoms. The number of nitrogens with zero attached hydrogens (tertiary/aromatic N) is 1. The number of hydrogen-bond donors (Lipinski definition) is 0. The largest absolute Gasteiger partial charge is 0.458 e. The second kappa shape index (κ2) is 15.3. The Hall–Kier alpha value is -2.55. The van der Waals surface area contributed by atoms with Crippen molar-refractivity contribution in [3.05, 3.63) is 76.4 Å². The van der Waals surface area contributed by atoms with Crippen molar-refractivity contribution in [1.29, 1.82) is 0 Å². The van der Waals surface area contributed by atoms with Gasteiger partial charge in [0.25, 0.3) is 0 Å². The van der Waals surface area contributed by atoms with E-state index in [2.05, 4.69) is 52.8 Å². The number of carbonyl (C=O) groups is 1. The van der Waals surface area contributed by atoms with E-state index in [1.807, 2.05) is 49.3 Å². The normalized spacial score (nSPS) is 12.5. The van der Waals surface area contributed by atoms with Gasteiger partial charge < -0.3 is 9.64 Å². The van der Waals surface area contributed by atoms with Crippen LogP contribution >= 0.6 is 0 Å². The minimum absolute atomic E-state index is 0.278. The van der Waals surface area contributed by atoms with Crippen LogP contribution in [0.1, 0.15) is 83.5 Å². The van der Waals surface area contributed by atoms with Crippen LogP contribution in [-0.4, -0.2) is 26.7 Å². The molecular formula is C29H43NO2. The molecule has 0 fully saturated rings. The molecule has 0 N–H and O–H groups in total. The molecule has 32 heavy (non-hydrogen) atoms. The zero-order valence-corrected chi connectivity index (χ0v) is 21.3. The molecule has 0 aliphatic rings. The van der Waals surface area contributed by atoms with Crippen molar-refractivity contribution in [2.24, 2.45) is 0 Å². The van der Waals surface area contributed by atoms with E-state index < -0.39 is 0 Å². The third-order valence-electron chi connectivity index (χ3n) is 5.42. The maximum atomic E-state index is 12.2. The van der Waals surface area contributed by atoms with E-state index in [1.165, 1.54) is 22.3 Å². The Morgan fingerprint density at radius 2 is 1.22 bits per heavy atom. The topological polar surface area (TPSA) is 29.5 Å².